The van der Waals surface area contributed by atoms with E-state index in [1.54, 1.807) is 6.07 Å². The van der Waals surface area contributed by atoms with Gasteiger partial charge >= 0.3 is 5.97 Å². The summed E-state index contributed by atoms with van der Waals surface area (Å²) >= 11 is 6.11. The molecule has 24 heavy (non-hydrogen) atoms. The number of aromatic nitrogens is 2. The van der Waals surface area contributed by atoms with E-state index >= 15 is 0 Å². The van der Waals surface area contributed by atoms with Crippen molar-refractivity contribution in [2.24, 2.45) is 17.8 Å². The monoisotopic (exact) mass is 346 g/mol. The van der Waals surface area contributed by atoms with Crippen molar-refractivity contribution in [3.8, 4) is 11.4 Å². The van der Waals surface area contributed by atoms with E-state index in [0.29, 0.717) is 28.7 Å². The summed E-state index contributed by atoms with van der Waals surface area (Å²) in [5, 5.41) is 4.45. The molecule has 2 aliphatic carbocycles. The Morgan fingerprint density at radius 2 is 2.17 bits per heavy atom. The molecule has 1 heterocycles. The molecule has 0 amide bonds. The Labute approximate surface area is 145 Å². The van der Waals surface area contributed by atoms with Gasteiger partial charge in [0.1, 0.15) is 0 Å². The molecule has 2 saturated carbocycles. The van der Waals surface area contributed by atoms with Crippen LogP contribution in [0, 0.1) is 17.8 Å². The third kappa shape index (κ3) is 3.18. The highest BCUT2D eigenvalue weighted by atomic mass is 35.5. The SMILES string of the molecule is O=C(C[C@@H]1C[C@@H]2CC[C@@H]1C2)OCc1nc(-c2ccccc2Cl)no1. The molecule has 0 aliphatic heterocycles. The first-order valence-electron chi connectivity index (χ1n) is 8.42. The number of hydrogen-bond donors (Lipinski definition) is 0. The first-order valence-corrected chi connectivity index (χ1v) is 8.80. The van der Waals surface area contributed by atoms with Crippen molar-refractivity contribution < 1.29 is 14.1 Å². The second-order valence-corrected chi connectivity index (χ2v) is 7.20. The fourth-order valence-corrected chi connectivity index (χ4v) is 4.33. The van der Waals surface area contributed by atoms with E-state index in [4.69, 9.17) is 20.9 Å². The molecule has 3 atom stereocenters. The largest absolute Gasteiger partial charge is 0.456 e. The molecule has 2 aromatic rings. The zero-order valence-electron chi connectivity index (χ0n) is 13.3. The average molecular weight is 347 g/mol. The first-order chi connectivity index (χ1) is 11.7. The van der Waals surface area contributed by atoms with Gasteiger partial charge in [0.05, 0.1) is 5.02 Å². The summed E-state index contributed by atoms with van der Waals surface area (Å²) in [6.45, 7) is 0.0110. The summed E-state index contributed by atoms with van der Waals surface area (Å²) in [5.74, 6) is 2.56. The van der Waals surface area contributed by atoms with E-state index in [0.717, 1.165) is 11.8 Å². The lowest BCUT2D eigenvalue weighted by molar-refractivity contribution is -0.147. The van der Waals surface area contributed by atoms with Gasteiger partial charge in [0.15, 0.2) is 6.61 Å². The van der Waals surface area contributed by atoms with Crippen LogP contribution in [-0.4, -0.2) is 16.1 Å². The number of esters is 1. The van der Waals surface area contributed by atoms with Gasteiger partial charge in [-0.05, 0) is 49.1 Å². The molecule has 6 heteroatoms. The van der Waals surface area contributed by atoms with Crippen molar-refractivity contribution in [3.63, 3.8) is 0 Å². The summed E-state index contributed by atoms with van der Waals surface area (Å²) in [6.07, 6.45) is 5.59. The van der Waals surface area contributed by atoms with Gasteiger partial charge in [0, 0.05) is 12.0 Å². The summed E-state index contributed by atoms with van der Waals surface area (Å²) in [4.78, 5) is 16.3. The van der Waals surface area contributed by atoms with Crippen LogP contribution in [0.1, 0.15) is 38.0 Å². The molecule has 4 rings (SSSR count). The van der Waals surface area contributed by atoms with Crippen molar-refractivity contribution in [3.05, 3.63) is 35.2 Å². The van der Waals surface area contributed by atoms with Crippen molar-refractivity contribution in [1.82, 2.24) is 10.1 Å². The zero-order valence-corrected chi connectivity index (χ0v) is 14.0. The Morgan fingerprint density at radius 1 is 1.29 bits per heavy atom. The van der Waals surface area contributed by atoms with Gasteiger partial charge in [0.2, 0.25) is 5.82 Å². The van der Waals surface area contributed by atoms with Crippen LogP contribution in [0.2, 0.25) is 5.02 Å². The van der Waals surface area contributed by atoms with Gasteiger partial charge in [-0.3, -0.25) is 4.79 Å². The lowest BCUT2D eigenvalue weighted by atomic mass is 9.86. The normalized spacial score (nSPS) is 25.1. The van der Waals surface area contributed by atoms with Crippen molar-refractivity contribution in [2.45, 2.75) is 38.7 Å². The van der Waals surface area contributed by atoms with Gasteiger partial charge in [-0.2, -0.15) is 4.98 Å². The molecule has 0 unspecified atom stereocenters. The standard InChI is InChI=1S/C18H19ClN2O3/c19-15-4-2-1-3-14(15)18-20-16(24-21-18)10-23-17(22)9-13-8-11-5-6-12(13)7-11/h1-4,11-13H,5-10H2/t11-,12-,13+/m1/s1. The van der Waals surface area contributed by atoms with Gasteiger partial charge in [-0.25, -0.2) is 0 Å². The van der Waals surface area contributed by atoms with Crippen LogP contribution in [0.5, 0.6) is 0 Å². The lowest BCUT2D eigenvalue weighted by Gasteiger charge is -2.20. The molecule has 0 spiro atoms. The van der Waals surface area contributed by atoms with Gasteiger partial charge in [-0.15, -0.1) is 0 Å². The van der Waals surface area contributed by atoms with E-state index in [2.05, 4.69) is 10.1 Å². The highest BCUT2D eigenvalue weighted by Gasteiger charge is 2.40. The average Bonchev–Trinajstić information content (AvgIpc) is 3.30. The molecule has 126 valence electrons. The number of hydrogen-bond acceptors (Lipinski definition) is 5. The molecular formula is C18H19ClN2O3. The predicted octanol–water partition coefficient (Wildman–Crippen LogP) is 4.26. The van der Waals surface area contributed by atoms with Crippen LogP contribution in [0.25, 0.3) is 11.4 Å². The van der Waals surface area contributed by atoms with Crippen molar-refractivity contribution in [2.75, 3.05) is 0 Å². The van der Waals surface area contributed by atoms with E-state index in [1.165, 1.54) is 25.7 Å². The van der Waals surface area contributed by atoms with Crippen LogP contribution in [0.3, 0.4) is 0 Å². The molecule has 1 aromatic heterocycles. The van der Waals surface area contributed by atoms with Crippen LogP contribution in [0.4, 0.5) is 0 Å². The topological polar surface area (TPSA) is 65.2 Å². The summed E-state index contributed by atoms with van der Waals surface area (Å²) in [6, 6.07) is 7.28. The number of nitrogens with zero attached hydrogens (tertiary/aromatic N) is 2. The van der Waals surface area contributed by atoms with Crippen LogP contribution >= 0.6 is 11.6 Å². The number of rotatable bonds is 5. The molecule has 5 nitrogen and oxygen atoms in total. The van der Waals surface area contributed by atoms with E-state index in [-0.39, 0.29) is 18.5 Å². The fourth-order valence-electron chi connectivity index (χ4n) is 4.11. The maximum absolute atomic E-state index is 12.0. The molecule has 2 bridgehead atoms. The second-order valence-electron chi connectivity index (χ2n) is 6.79. The molecule has 0 saturated heterocycles. The lowest BCUT2D eigenvalue weighted by Crippen LogP contribution is -2.17. The minimum atomic E-state index is -0.176. The third-order valence-corrected chi connectivity index (χ3v) is 5.58. The van der Waals surface area contributed by atoms with Crippen LogP contribution in [-0.2, 0) is 16.1 Å². The number of halogens is 1. The summed E-state index contributed by atoms with van der Waals surface area (Å²) in [5.41, 5.74) is 0.697. The highest BCUT2D eigenvalue weighted by molar-refractivity contribution is 6.33. The van der Waals surface area contributed by atoms with Crippen molar-refractivity contribution >= 4 is 17.6 Å². The maximum Gasteiger partial charge on any atom is 0.306 e. The van der Waals surface area contributed by atoms with Gasteiger partial charge in [-0.1, -0.05) is 35.3 Å². The Kier molecular flexibility index (Phi) is 4.27. The Bertz CT molecular complexity index is 745. The molecule has 0 radical (unpaired) electrons. The Balaban J connectivity index is 1.32. The molecule has 0 N–H and O–H groups in total. The molecule has 1 aromatic carbocycles. The Morgan fingerprint density at radius 3 is 2.92 bits per heavy atom. The molecule has 2 fully saturated rings. The Hall–Kier alpha value is -1.88. The zero-order chi connectivity index (χ0) is 16.5. The number of benzene rings is 1. The maximum atomic E-state index is 12.0. The fraction of sp³-hybridized carbons (Fsp3) is 0.500. The quantitative estimate of drug-likeness (QED) is 0.757. The number of fused-ring (bicyclic) bond motifs is 2. The van der Waals surface area contributed by atoms with E-state index in [9.17, 15) is 4.79 Å². The van der Waals surface area contributed by atoms with E-state index in [1.807, 2.05) is 18.2 Å². The van der Waals surface area contributed by atoms with Crippen molar-refractivity contribution in [1.29, 1.82) is 0 Å². The van der Waals surface area contributed by atoms with Gasteiger partial charge < -0.3 is 9.26 Å². The molecular weight excluding hydrogens is 328 g/mol. The number of carbonyl (C=O) groups is 1. The number of ether oxygens (including phenoxy) is 1. The first kappa shape index (κ1) is 15.6. The van der Waals surface area contributed by atoms with E-state index < -0.39 is 0 Å². The van der Waals surface area contributed by atoms with Gasteiger partial charge in [0.25, 0.3) is 5.89 Å². The smallest absolute Gasteiger partial charge is 0.306 e. The minimum absolute atomic E-state index is 0.0110. The van der Waals surface area contributed by atoms with Crippen LogP contribution < -0.4 is 0 Å². The predicted molar refractivity (Wildman–Crippen MR) is 88.1 cm³/mol. The summed E-state index contributed by atoms with van der Waals surface area (Å²) < 4.78 is 10.5. The third-order valence-electron chi connectivity index (χ3n) is 5.25. The minimum Gasteiger partial charge on any atom is -0.456 e. The highest BCUT2D eigenvalue weighted by Crippen LogP contribution is 2.49. The number of carbonyl (C=O) groups excluding carboxylic acids is 1. The summed E-state index contributed by atoms with van der Waals surface area (Å²) in [7, 11) is 0. The molecule has 2 aliphatic rings. The van der Waals surface area contributed by atoms with Crippen LogP contribution in [0.15, 0.2) is 28.8 Å². The second kappa shape index (κ2) is 6.55.